The smallest absolute Gasteiger partial charge is 0.377 e. The van der Waals surface area contributed by atoms with Gasteiger partial charge in [-0.3, -0.25) is 0 Å². The van der Waals surface area contributed by atoms with Crippen molar-refractivity contribution < 1.29 is 13.3 Å². The van der Waals surface area contributed by atoms with Gasteiger partial charge in [0, 0.05) is 40.5 Å². The SMILES string of the molecule is C=CCNC(=S)NCCC[Si](OC)(OC)OC. The lowest BCUT2D eigenvalue weighted by Gasteiger charge is -2.24. The molecule has 0 aromatic carbocycles. The van der Waals surface area contributed by atoms with Gasteiger partial charge in [0.25, 0.3) is 0 Å². The molecule has 0 saturated carbocycles. The Morgan fingerprint density at radius 3 is 2.29 bits per heavy atom. The van der Waals surface area contributed by atoms with Crippen LogP contribution >= 0.6 is 12.2 Å². The van der Waals surface area contributed by atoms with Crippen molar-refractivity contribution in [2.45, 2.75) is 12.5 Å². The molecule has 0 amide bonds. The van der Waals surface area contributed by atoms with Crippen molar-refractivity contribution in [3.05, 3.63) is 12.7 Å². The van der Waals surface area contributed by atoms with Crippen LogP contribution in [0.2, 0.25) is 6.04 Å². The molecule has 0 aliphatic rings. The van der Waals surface area contributed by atoms with Crippen LogP contribution in [0.5, 0.6) is 0 Å². The molecule has 0 aliphatic carbocycles. The van der Waals surface area contributed by atoms with Crippen LogP contribution in [0.25, 0.3) is 0 Å². The minimum Gasteiger partial charge on any atom is -0.377 e. The molecule has 0 atom stereocenters. The fourth-order valence-corrected chi connectivity index (χ4v) is 3.20. The molecule has 0 saturated heterocycles. The molecule has 17 heavy (non-hydrogen) atoms. The standard InChI is InChI=1S/C10H22N2O3SSi/c1-5-7-11-10(16)12-8-6-9-17(13-2,14-3)15-4/h5H,1,6-9H2,2-4H3,(H2,11,12,16). The summed E-state index contributed by atoms with van der Waals surface area (Å²) in [5, 5.41) is 6.71. The van der Waals surface area contributed by atoms with Crippen molar-refractivity contribution >= 4 is 26.1 Å². The molecule has 0 rings (SSSR count). The number of hydrogen-bond donors (Lipinski definition) is 2. The fraction of sp³-hybridized carbons (Fsp3) is 0.700. The second-order valence-corrected chi connectivity index (χ2v) is 6.82. The van der Waals surface area contributed by atoms with Gasteiger partial charge in [-0.05, 0) is 18.6 Å². The van der Waals surface area contributed by atoms with Crippen molar-refractivity contribution in [3.63, 3.8) is 0 Å². The lowest BCUT2D eigenvalue weighted by Crippen LogP contribution is -2.43. The Bertz CT molecular complexity index is 229. The normalized spacial score (nSPS) is 11.0. The van der Waals surface area contributed by atoms with E-state index in [-0.39, 0.29) is 0 Å². The summed E-state index contributed by atoms with van der Waals surface area (Å²) in [5.74, 6) is 0. The molecule has 5 nitrogen and oxygen atoms in total. The molecule has 2 N–H and O–H groups in total. The zero-order chi connectivity index (χ0) is 13.1. The van der Waals surface area contributed by atoms with Gasteiger partial charge < -0.3 is 23.9 Å². The lowest BCUT2D eigenvalue weighted by molar-refractivity contribution is 0.123. The topological polar surface area (TPSA) is 51.8 Å². The quantitative estimate of drug-likeness (QED) is 0.283. The average molecular weight is 278 g/mol. The Morgan fingerprint density at radius 2 is 1.82 bits per heavy atom. The Balaban J connectivity index is 3.75. The maximum atomic E-state index is 5.31. The van der Waals surface area contributed by atoms with E-state index in [4.69, 9.17) is 25.5 Å². The maximum Gasteiger partial charge on any atom is 0.500 e. The van der Waals surface area contributed by atoms with Crippen LogP contribution in [0.1, 0.15) is 6.42 Å². The minimum atomic E-state index is -2.43. The highest BCUT2D eigenvalue weighted by Gasteiger charge is 2.36. The van der Waals surface area contributed by atoms with Gasteiger partial charge in [-0.25, -0.2) is 0 Å². The predicted octanol–water partition coefficient (Wildman–Crippen LogP) is 0.905. The van der Waals surface area contributed by atoms with Gasteiger partial charge in [0.1, 0.15) is 0 Å². The molecule has 0 fully saturated rings. The van der Waals surface area contributed by atoms with Crippen LogP contribution < -0.4 is 10.6 Å². The van der Waals surface area contributed by atoms with E-state index in [9.17, 15) is 0 Å². The van der Waals surface area contributed by atoms with Crippen molar-refractivity contribution in [3.8, 4) is 0 Å². The maximum absolute atomic E-state index is 5.31. The van der Waals surface area contributed by atoms with Crippen LogP contribution in [0.3, 0.4) is 0 Å². The minimum absolute atomic E-state index is 0.629. The van der Waals surface area contributed by atoms with Crippen molar-refractivity contribution in [2.75, 3.05) is 34.4 Å². The van der Waals surface area contributed by atoms with Gasteiger partial charge in [0.15, 0.2) is 5.11 Å². The number of nitrogens with one attached hydrogen (secondary N) is 2. The first kappa shape index (κ1) is 16.5. The Kier molecular flexibility index (Phi) is 9.28. The van der Waals surface area contributed by atoms with Gasteiger partial charge in [-0.15, -0.1) is 6.58 Å². The zero-order valence-corrected chi connectivity index (χ0v) is 12.6. The largest absolute Gasteiger partial charge is 0.500 e. The number of thiocarbonyl (C=S) groups is 1. The van der Waals surface area contributed by atoms with Crippen LogP contribution in [0, 0.1) is 0 Å². The van der Waals surface area contributed by atoms with E-state index in [1.807, 2.05) is 0 Å². The van der Waals surface area contributed by atoms with Gasteiger partial charge in [-0.1, -0.05) is 6.08 Å². The van der Waals surface area contributed by atoms with Gasteiger partial charge in [0.2, 0.25) is 0 Å². The number of hydrogen-bond acceptors (Lipinski definition) is 4. The highest BCUT2D eigenvalue weighted by molar-refractivity contribution is 7.80. The van der Waals surface area contributed by atoms with Gasteiger partial charge >= 0.3 is 8.80 Å². The van der Waals surface area contributed by atoms with Crippen LogP contribution in [0.15, 0.2) is 12.7 Å². The molecule has 0 bridgehead atoms. The molecule has 0 spiro atoms. The van der Waals surface area contributed by atoms with Gasteiger partial charge in [0.05, 0.1) is 0 Å². The summed E-state index contributed by atoms with van der Waals surface area (Å²) in [5.41, 5.74) is 0. The third-order valence-electron chi connectivity index (χ3n) is 2.29. The Morgan fingerprint density at radius 1 is 1.24 bits per heavy atom. The summed E-state index contributed by atoms with van der Waals surface area (Å²) in [6, 6.07) is 0.758. The second kappa shape index (κ2) is 9.55. The zero-order valence-electron chi connectivity index (χ0n) is 10.7. The molecule has 0 aromatic heterocycles. The molecule has 0 aliphatic heterocycles. The van der Waals surface area contributed by atoms with Crippen LogP contribution in [-0.2, 0) is 13.3 Å². The van der Waals surface area contributed by atoms with E-state index in [0.29, 0.717) is 11.7 Å². The second-order valence-electron chi connectivity index (χ2n) is 3.32. The van der Waals surface area contributed by atoms with Crippen molar-refractivity contribution in [2.24, 2.45) is 0 Å². The van der Waals surface area contributed by atoms with E-state index in [2.05, 4.69) is 17.2 Å². The lowest BCUT2D eigenvalue weighted by atomic mass is 10.5. The molecular formula is C10H22N2O3SSi. The van der Waals surface area contributed by atoms with Crippen molar-refractivity contribution in [1.82, 2.24) is 10.6 Å². The van der Waals surface area contributed by atoms with E-state index < -0.39 is 8.80 Å². The average Bonchev–Trinajstić information content (AvgIpc) is 2.37. The van der Waals surface area contributed by atoms with Crippen LogP contribution in [0.4, 0.5) is 0 Å². The number of rotatable bonds is 9. The molecule has 100 valence electrons. The Hall–Kier alpha value is -0.473. The predicted molar refractivity (Wildman–Crippen MR) is 75.0 cm³/mol. The van der Waals surface area contributed by atoms with Crippen LogP contribution in [-0.4, -0.2) is 48.3 Å². The summed E-state index contributed by atoms with van der Waals surface area (Å²) in [6.45, 7) is 5.02. The third-order valence-corrected chi connectivity index (χ3v) is 5.41. The van der Waals surface area contributed by atoms with E-state index >= 15 is 0 Å². The summed E-state index contributed by atoms with van der Waals surface area (Å²) < 4.78 is 15.9. The highest BCUT2D eigenvalue weighted by Crippen LogP contribution is 2.14. The highest BCUT2D eigenvalue weighted by atomic mass is 32.1. The van der Waals surface area contributed by atoms with Crippen molar-refractivity contribution in [1.29, 1.82) is 0 Å². The van der Waals surface area contributed by atoms with Gasteiger partial charge in [-0.2, -0.15) is 0 Å². The third kappa shape index (κ3) is 6.74. The van der Waals surface area contributed by atoms with E-state index in [0.717, 1.165) is 19.0 Å². The molecule has 0 unspecified atom stereocenters. The molecule has 0 radical (unpaired) electrons. The molecule has 7 heteroatoms. The molecule has 0 aromatic rings. The van der Waals surface area contributed by atoms with E-state index in [1.54, 1.807) is 27.4 Å². The first-order valence-electron chi connectivity index (χ1n) is 5.42. The molecule has 0 heterocycles. The summed E-state index contributed by atoms with van der Waals surface area (Å²) in [4.78, 5) is 0. The summed E-state index contributed by atoms with van der Waals surface area (Å²) in [7, 11) is 2.41. The Labute approximate surface area is 110 Å². The van der Waals surface area contributed by atoms with E-state index in [1.165, 1.54) is 0 Å². The fourth-order valence-electron chi connectivity index (χ4n) is 1.29. The molecular weight excluding hydrogens is 256 g/mol. The summed E-state index contributed by atoms with van der Waals surface area (Å²) >= 11 is 5.06. The monoisotopic (exact) mass is 278 g/mol. The summed E-state index contributed by atoms with van der Waals surface area (Å²) in [6.07, 6.45) is 2.63. The first-order valence-corrected chi connectivity index (χ1v) is 7.76. The first-order chi connectivity index (χ1) is 8.14.